The molecule has 0 bridgehead atoms. The highest BCUT2D eigenvalue weighted by Gasteiger charge is 2.17. The minimum absolute atomic E-state index is 0.661. The smallest absolute Gasteiger partial charge is 0.328 e. The Morgan fingerprint density at radius 2 is 2.00 bits per heavy atom. The third-order valence-corrected chi connectivity index (χ3v) is 5.48. The number of nitrogens with zero attached hydrogens (tertiary/aromatic N) is 2. The van der Waals surface area contributed by atoms with E-state index in [-0.39, 0.29) is 0 Å². The molecular weight excluding hydrogens is 332 g/mol. The minimum atomic E-state index is -0.951. The molecule has 5 heteroatoms. The van der Waals surface area contributed by atoms with Crippen LogP contribution in [-0.4, -0.2) is 27.1 Å². The minimum Gasteiger partial charge on any atom is -0.478 e. The number of thioether (sulfide) groups is 1. The van der Waals surface area contributed by atoms with Gasteiger partial charge in [-0.15, -0.1) is 11.8 Å². The first-order chi connectivity index (χ1) is 12.2. The van der Waals surface area contributed by atoms with Gasteiger partial charge in [0.2, 0.25) is 0 Å². The fraction of sp³-hybridized carbons (Fsp3) is 0.400. The Kier molecular flexibility index (Phi) is 5.97. The lowest BCUT2D eigenvalue weighted by Crippen LogP contribution is -2.15. The third kappa shape index (κ3) is 4.75. The van der Waals surface area contributed by atoms with E-state index in [1.807, 2.05) is 6.07 Å². The first-order valence-corrected chi connectivity index (χ1v) is 10.0. The molecule has 1 aromatic heterocycles. The molecule has 1 aliphatic carbocycles. The molecule has 0 atom stereocenters. The summed E-state index contributed by atoms with van der Waals surface area (Å²) in [4.78, 5) is 12.0. The van der Waals surface area contributed by atoms with Gasteiger partial charge in [-0.1, -0.05) is 31.4 Å². The van der Waals surface area contributed by atoms with Crippen molar-refractivity contribution in [2.24, 2.45) is 5.92 Å². The molecule has 1 heterocycles. The zero-order chi connectivity index (χ0) is 17.6. The molecular formula is C20H24N2O2S. The zero-order valence-corrected chi connectivity index (χ0v) is 15.3. The highest BCUT2D eigenvalue weighted by molar-refractivity contribution is 7.98. The van der Waals surface area contributed by atoms with Gasteiger partial charge in [0.1, 0.15) is 0 Å². The van der Waals surface area contributed by atoms with E-state index >= 15 is 0 Å². The van der Waals surface area contributed by atoms with Gasteiger partial charge in [0, 0.05) is 17.5 Å². The van der Waals surface area contributed by atoms with Gasteiger partial charge in [0.15, 0.2) is 0 Å². The first-order valence-electron chi connectivity index (χ1n) is 8.79. The predicted octanol–water partition coefficient (Wildman–Crippen LogP) is 4.95. The lowest BCUT2D eigenvalue weighted by Gasteiger charge is -2.22. The van der Waals surface area contributed by atoms with Crippen molar-refractivity contribution in [3.05, 3.63) is 42.1 Å². The highest BCUT2D eigenvalue weighted by Crippen LogP contribution is 2.29. The maximum absolute atomic E-state index is 10.8. The molecule has 0 saturated heterocycles. The van der Waals surface area contributed by atoms with Gasteiger partial charge in [-0.05, 0) is 54.9 Å². The lowest BCUT2D eigenvalue weighted by atomic mass is 9.89. The molecule has 1 saturated carbocycles. The predicted molar refractivity (Wildman–Crippen MR) is 103 cm³/mol. The molecule has 1 aliphatic rings. The summed E-state index contributed by atoms with van der Waals surface area (Å²) in [5.74, 6) is -0.290. The molecule has 3 rings (SSSR count). The van der Waals surface area contributed by atoms with Crippen LogP contribution in [0, 0.1) is 5.92 Å². The van der Waals surface area contributed by atoms with Crippen molar-refractivity contribution in [3.63, 3.8) is 0 Å². The van der Waals surface area contributed by atoms with Crippen LogP contribution >= 0.6 is 11.8 Å². The van der Waals surface area contributed by atoms with Crippen molar-refractivity contribution < 1.29 is 9.90 Å². The molecule has 0 aliphatic heterocycles. The maximum atomic E-state index is 10.8. The standard InChI is InChI=1S/C20H24N2O2S/c1-25-18-10-7-16(8-11-18)19-13-17(9-12-20(23)24)21-22(19)14-15-5-3-2-4-6-15/h7-13,15H,2-6,14H2,1H3,(H,23,24)/b12-9+. The number of rotatable bonds is 6. The number of carboxylic acid groups (broad SMARTS) is 1. The van der Waals surface area contributed by atoms with E-state index < -0.39 is 5.97 Å². The monoisotopic (exact) mass is 356 g/mol. The Morgan fingerprint density at radius 3 is 2.64 bits per heavy atom. The maximum Gasteiger partial charge on any atom is 0.328 e. The molecule has 0 radical (unpaired) electrons. The fourth-order valence-electron chi connectivity index (χ4n) is 3.42. The summed E-state index contributed by atoms with van der Waals surface area (Å²) >= 11 is 1.72. The van der Waals surface area contributed by atoms with Gasteiger partial charge in [0.25, 0.3) is 0 Å². The normalized spacial score (nSPS) is 15.7. The van der Waals surface area contributed by atoms with Gasteiger partial charge in [-0.3, -0.25) is 4.68 Å². The van der Waals surface area contributed by atoms with Crippen LogP contribution in [0.5, 0.6) is 0 Å². The number of carboxylic acids is 1. The van der Waals surface area contributed by atoms with E-state index in [1.54, 1.807) is 17.8 Å². The first kappa shape index (κ1) is 17.8. The Morgan fingerprint density at radius 1 is 1.28 bits per heavy atom. The molecule has 1 aromatic carbocycles. The molecule has 25 heavy (non-hydrogen) atoms. The molecule has 1 fully saturated rings. The largest absolute Gasteiger partial charge is 0.478 e. The SMILES string of the molecule is CSc1ccc(-c2cc(/C=C/C(=O)O)nn2CC2CCCCC2)cc1. The van der Waals surface area contributed by atoms with E-state index in [9.17, 15) is 4.79 Å². The topological polar surface area (TPSA) is 55.1 Å². The van der Waals surface area contributed by atoms with Gasteiger partial charge >= 0.3 is 5.97 Å². The lowest BCUT2D eigenvalue weighted by molar-refractivity contribution is -0.131. The van der Waals surface area contributed by atoms with Crippen LogP contribution in [0.25, 0.3) is 17.3 Å². The summed E-state index contributed by atoms with van der Waals surface area (Å²) in [5.41, 5.74) is 2.88. The van der Waals surface area contributed by atoms with Crippen molar-refractivity contribution in [2.75, 3.05) is 6.26 Å². The fourth-order valence-corrected chi connectivity index (χ4v) is 3.83. The summed E-state index contributed by atoms with van der Waals surface area (Å²) < 4.78 is 2.06. The van der Waals surface area contributed by atoms with E-state index in [2.05, 4.69) is 40.3 Å². The second-order valence-corrected chi connectivity index (χ2v) is 7.42. The van der Waals surface area contributed by atoms with Crippen molar-refractivity contribution in [1.29, 1.82) is 0 Å². The molecule has 0 spiro atoms. The van der Waals surface area contributed by atoms with E-state index in [1.165, 1.54) is 37.0 Å². The second kappa shape index (κ2) is 8.39. The van der Waals surface area contributed by atoms with Crippen LogP contribution in [0.4, 0.5) is 0 Å². The number of carbonyl (C=O) groups is 1. The van der Waals surface area contributed by atoms with Crippen LogP contribution in [0.1, 0.15) is 37.8 Å². The number of hydrogen-bond acceptors (Lipinski definition) is 3. The average molecular weight is 356 g/mol. The van der Waals surface area contributed by atoms with Gasteiger partial charge in [-0.2, -0.15) is 5.10 Å². The Balaban J connectivity index is 1.90. The molecule has 132 valence electrons. The average Bonchev–Trinajstić information content (AvgIpc) is 3.03. The number of aliphatic carboxylic acids is 1. The van der Waals surface area contributed by atoms with Crippen molar-refractivity contribution in [3.8, 4) is 11.3 Å². The van der Waals surface area contributed by atoms with Gasteiger partial charge < -0.3 is 5.11 Å². The van der Waals surface area contributed by atoms with Gasteiger partial charge in [0.05, 0.1) is 11.4 Å². The number of benzene rings is 1. The van der Waals surface area contributed by atoms with Crippen LogP contribution < -0.4 is 0 Å². The summed E-state index contributed by atoms with van der Waals surface area (Å²) in [6.07, 6.45) is 11.2. The van der Waals surface area contributed by atoms with E-state index in [0.29, 0.717) is 11.6 Å². The summed E-state index contributed by atoms with van der Waals surface area (Å²) in [5, 5.41) is 13.5. The van der Waals surface area contributed by atoms with Crippen LogP contribution in [-0.2, 0) is 11.3 Å². The van der Waals surface area contributed by atoms with Crippen LogP contribution in [0.2, 0.25) is 0 Å². The highest BCUT2D eigenvalue weighted by atomic mass is 32.2. The van der Waals surface area contributed by atoms with Crippen LogP contribution in [0.3, 0.4) is 0 Å². The summed E-state index contributed by atoms with van der Waals surface area (Å²) in [6.45, 7) is 0.903. The van der Waals surface area contributed by atoms with Crippen molar-refractivity contribution in [1.82, 2.24) is 9.78 Å². The molecule has 2 aromatic rings. The zero-order valence-electron chi connectivity index (χ0n) is 14.5. The summed E-state index contributed by atoms with van der Waals surface area (Å²) in [7, 11) is 0. The van der Waals surface area contributed by atoms with E-state index in [4.69, 9.17) is 5.11 Å². The van der Waals surface area contributed by atoms with Crippen molar-refractivity contribution in [2.45, 2.75) is 43.5 Å². The Labute approximate surface area is 152 Å². The van der Waals surface area contributed by atoms with Crippen LogP contribution in [0.15, 0.2) is 41.3 Å². The second-order valence-electron chi connectivity index (χ2n) is 6.54. The van der Waals surface area contributed by atoms with Gasteiger partial charge in [-0.25, -0.2) is 4.79 Å². The van der Waals surface area contributed by atoms with E-state index in [0.717, 1.165) is 23.9 Å². The molecule has 1 N–H and O–H groups in total. The Bertz CT molecular complexity index is 744. The van der Waals surface area contributed by atoms with Crippen molar-refractivity contribution >= 4 is 23.8 Å². The quantitative estimate of drug-likeness (QED) is 0.588. The Hall–Kier alpha value is -2.01. The summed E-state index contributed by atoms with van der Waals surface area (Å²) in [6, 6.07) is 10.4. The number of aromatic nitrogens is 2. The third-order valence-electron chi connectivity index (χ3n) is 4.74. The number of hydrogen-bond donors (Lipinski definition) is 1. The molecule has 0 unspecified atom stereocenters. The molecule has 4 nitrogen and oxygen atoms in total. The molecule has 0 amide bonds.